The van der Waals surface area contributed by atoms with E-state index < -0.39 is 23.9 Å². The minimum atomic E-state index is -0.854. The van der Waals surface area contributed by atoms with Crippen LogP contribution in [0.15, 0.2) is 18.2 Å². The van der Waals surface area contributed by atoms with E-state index in [1.807, 2.05) is 27.7 Å². The molecule has 7 nitrogen and oxygen atoms in total. The van der Waals surface area contributed by atoms with E-state index in [1.54, 1.807) is 0 Å². The van der Waals surface area contributed by atoms with E-state index in [9.17, 15) is 19.5 Å². The number of carbonyl (C=O) groups is 3. The molecule has 0 heterocycles. The summed E-state index contributed by atoms with van der Waals surface area (Å²) in [6.07, 6.45) is 6.21. The second-order valence-electron chi connectivity index (χ2n) is 9.85. The molecule has 0 aliphatic heterocycles. The highest BCUT2D eigenvalue weighted by atomic mass is 35.5. The number of aromatic hydroxyl groups is 1. The molecule has 1 aromatic rings. The number of benzene rings is 1. The summed E-state index contributed by atoms with van der Waals surface area (Å²) in [4.78, 5) is 39.0. The van der Waals surface area contributed by atoms with Gasteiger partial charge in [-0.3, -0.25) is 14.4 Å². The zero-order valence-corrected chi connectivity index (χ0v) is 20.9. The average Bonchev–Trinajstić information content (AvgIpc) is 2.74. The number of carbonyl (C=O) groups excluding carboxylic acids is 3. The van der Waals surface area contributed by atoms with E-state index >= 15 is 0 Å². The molecule has 1 saturated carbocycles. The zero-order valence-electron chi connectivity index (χ0n) is 20.1. The molecule has 0 bridgehead atoms. The summed E-state index contributed by atoms with van der Waals surface area (Å²) < 4.78 is 0. The topological polar surface area (TPSA) is 108 Å². The smallest absolute Gasteiger partial charge is 0.255 e. The maximum Gasteiger partial charge on any atom is 0.255 e. The van der Waals surface area contributed by atoms with Crippen molar-refractivity contribution < 1.29 is 19.5 Å². The Hall–Kier alpha value is -2.28. The van der Waals surface area contributed by atoms with Gasteiger partial charge in [0.2, 0.25) is 11.8 Å². The number of phenols is 1. The van der Waals surface area contributed by atoms with Crippen LogP contribution in [0.2, 0.25) is 5.02 Å². The van der Waals surface area contributed by atoms with Crippen LogP contribution in [0.3, 0.4) is 0 Å². The molecule has 2 rings (SSSR count). The van der Waals surface area contributed by atoms with Gasteiger partial charge in [-0.25, -0.2) is 0 Å². The fourth-order valence-corrected chi connectivity index (χ4v) is 4.33. The van der Waals surface area contributed by atoms with Crippen LogP contribution in [-0.4, -0.2) is 41.0 Å². The van der Waals surface area contributed by atoms with Gasteiger partial charge in [-0.05, 0) is 55.7 Å². The Morgan fingerprint density at radius 2 is 1.52 bits per heavy atom. The number of amides is 3. The van der Waals surface area contributed by atoms with Crippen molar-refractivity contribution in [2.45, 2.75) is 90.8 Å². The summed E-state index contributed by atoms with van der Waals surface area (Å²) >= 11 is 5.96. The Bertz CT molecular complexity index is 822. The first-order valence-electron chi connectivity index (χ1n) is 12.0. The zero-order chi connectivity index (χ0) is 24.5. The highest BCUT2D eigenvalue weighted by Crippen LogP contribution is 2.22. The molecule has 0 saturated heterocycles. The van der Waals surface area contributed by atoms with Crippen LogP contribution >= 0.6 is 11.6 Å². The standard InChI is InChI=1S/C25H38ClN3O4/c1-15(2)12-20(24(32)27-18-8-6-5-7-9-18)29-25(33)21(13-16(3)4)28-23(31)19-14-17(26)10-11-22(19)30/h10-11,14-16,18,20-21,30H,5-9,12-13H2,1-4H3,(H,27,32)(H,28,31)(H,29,33)/t20-,21-/m0/s1. The Morgan fingerprint density at radius 3 is 2.09 bits per heavy atom. The van der Waals surface area contributed by atoms with Gasteiger partial charge >= 0.3 is 0 Å². The fraction of sp³-hybridized carbons (Fsp3) is 0.640. The summed E-state index contributed by atoms with van der Waals surface area (Å²) in [7, 11) is 0. The number of rotatable bonds is 10. The van der Waals surface area contributed by atoms with Crippen molar-refractivity contribution >= 4 is 29.3 Å². The molecular weight excluding hydrogens is 442 g/mol. The maximum atomic E-state index is 13.2. The van der Waals surface area contributed by atoms with Crippen LogP contribution < -0.4 is 16.0 Å². The molecule has 8 heteroatoms. The lowest BCUT2D eigenvalue weighted by atomic mass is 9.94. The molecule has 0 radical (unpaired) electrons. The van der Waals surface area contributed by atoms with Gasteiger partial charge < -0.3 is 21.1 Å². The van der Waals surface area contributed by atoms with Crippen molar-refractivity contribution in [3.63, 3.8) is 0 Å². The van der Waals surface area contributed by atoms with Crippen molar-refractivity contribution in [1.82, 2.24) is 16.0 Å². The number of nitrogens with one attached hydrogen (secondary N) is 3. The van der Waals surface area contributed by atoms with Crippen molar-refractivity contribution in [3.8, 4) is 5.75 Å². The van der Waals surface area contributed by atoms with Crippen LogP contribution in [0, 0.1) is 11.8 Å². The molecule has 0 spiro atoms. The average molecular weight is 480 g/mol. The Labute approximate surface area is 202 Å². The Balaban J connectivity index is 2.12. The first-order chi connectivity index (χ1) is 15.6. The molecule has 0 unspecified atom stereocenters. The minimum absolute atomic E-state index is 0.00201. The van der Waals surface area contributed by atoms with Crippen LogP contribution in [0.25, 0.3) is 0 Å². The van der Waals surface area contributed by atoms with Crippen LogP contribution in [0.1, 0.15) is 83.0 Å². The third kappa shape index (κ3) is 8.88. The van der Waals surface area contributed by atoms with Crippen molar-refractivity contribution in [2.75, 3.05) is 0 Å². The van der Waals surface area contributed by atoms with E-state index in [4.69, 9.17) is 11.6 Å². The first kappa shape index (κ1) is 27.0. The van der Waals surface area contributed by atoms with Gasteiger partial charge in [-0.1, -0.05) is 58.6 Å². The normalized spacial score (nSPS) is 16.3. The predicted molar refractivity (Wildman–Crippen MR) is 130 cm³/mol. The molecule has 1 aliphatic rings. The summed E-state index contributed by atoms with van der Waals surface area (Å²) in [6, 6.07) is 2.79. The first-order valence-corrected chi connectivity index (χ1v) is 12.3. The van der Waals surface area contributed by atoms with E-state index in [0.29, 0.717) is 17.9 Å². The third-order valence-corrected chi connectivity index (χ3v) is 6.06. The van der Waals surface area contributed by atoms with Crippen LogP contribution in [0.5, 0.6) is 5.75 Å². The molecule has 184 valence electrons. The van der Waals surface area contributed by atoms with E-state index in [0.717, 1.165) is 25.7 Å². The number of phenolic OH excluding ortho intramolecular Hbond substituents is 1. The summed E-state index contributed by atoms with van der Waals surface area (Å²) in [6.45, 7) is 7.90. The SMILES string of the molecule is CC(C)C[C@H](NC(=O)c1cc(Cl)ccc1O)C(=O)N[C@@H](CC(C)C)C(=O)NC1CCCCC1. The second-order valence-corrected chi connectivity index (χ2v) is 10.3. The van der Waals surface area contributed by atoms with Gasteiger partial charge in [0.1, 0.15) is 17.8 Å². The lowest BCUT2D eigenvalue weighted by Gasteiger charge is -2.28. The van der Waals surface area contributed by atoms with Gasteiger partial charge in [-0.2, -0.15) is 0 Å². The quantitative estimate of drug-likeness (QED) is 0.404. The predicted octanol–water partition coefficient (Wildman–Crippen LogP) is 4.17. The molecule has 0 aromatic heterocycles. The lowest BCUT2D eigenvalue weighted by Crippen LogP contribution is -2.55. The molecule has 1 aliphatic carbocycles. The van der Waals surface area contributed by atoms with Gasteiger partial charge in [0.25, 0.3) is 5.91 Å². The van der Waals surface area contributed by atoms with Gasteiger partial charge in [0, 0.05) is 11.1 Å². The second kappa shape index (κ2) is 12.8. The Kier molecular flexibility index (Phi) is 10.5. The molecule has 1 fully saturated rings. The van der Waals surface area contributed by atoms with Crippen molar-refractivity contribution in [2.24, 2.45) is 11.8 Å². The van der Waals surface area contributed by atoms with E-state index in [2.05, 4.69) is 16.0 Å². The van der Waals surface area contributed by atoms with Crippen LogP contribution in [0.4, 0.5) is 0 Å². The lowest BCUT2D eigenvalue weighted by molar-refractivity contribution is -0.131. The molecular formula is C25H38ClN3O4. The van der Waals surface area contributed by atoms with E-state index in [1.165, 1.54) is 24.6 Å². The number of halogens is 1. The molecule has 2 atom stereocenters. The molecule has 4 N–H and O–H groups in total. The highest BCUT2D eigenvalue weighted by Gasteiger charge is 2.30. The van der Waals surface area contributed by atoms with Crippen molar-refractivity contribution in [3.05, 3.63) is 28.8 Å². The number of hydrogen-bond acceptors (Lipinski definition) is 4. The monoisotopic (exact) mass is 479 g/mol. The minimum Gasteiger partial charge on any atom is -0.507 e. The van der Waals surface area contributed by atoms with Gasteiger partial charge in [0.15, 0.2) is 0 Å². The molecule has 1 aromatic carbocycles. The summed E-state index contributed by atoms with van der Waals surface area (Å²) in [5.41, 5.74) is -0.00201. The number of hydrogen-bond donors (Lipinski definition) is 4. The Morgan fingerprint density at radius 1 is 0.939 bits per heavy atom. The molecule has 33 heavy (non-hydrogen) atoms. The third-order valence-electron chi connectivity index (χ3n) is 5.82. The summed E-state index contributed by atoms with van der Waals surface area (Å²) in [5.74, 6) is -1.08. The maximum absolute atomic E-state index is 13.2. The fourth-order valence-electron chi connectivity index (χ4n) is 4.15. The van der Waals surface area contributed by atoms with Gasteiger partial charge in [-0.15, -0.1) is 0 Å². The van der Waals surface area contributed by atoms with Gasteiger partial charge in [0.05, 0.1) is 5.56 Å². The largest absolute Gasteiger partial charge is 0.507 e. The highest BCUT2D eigenvalue weighted by molar-refractivity contribution is 6.31. The van der Waals surface area contributed by atoms with Crippen LogP contribution in [-0.2, 0) is 9.59 Å². The summed E-state index contributed by atoms with van der Waals surface area (Å²) in [5, 5.41) is 19.0. The van der Waals surface area contributed by atoms with E-state index in [-0.39, 0.29) is 35.1 Å². The van der Waals surface area contributed by atoms with Crippen molar-refractivity contribution in [1.29, 1.82) is 0 Å². The molecule has 3 amide bonds.